The summed E-state index contributed by atoms with van der Waals surface area (Å²) in [7, 11) is 0. The highest BCUT2D eigenvalue weighted by Crippen LogP contribution is 2.11. The number of nitrogens with one attached hydrogen (secondary N) is 1. The summed E-state index contributed by atoms with van der Waals surface area (Å²) in [5.41, 5.74) is 9.60. The number of aryl methyl sites for hydroxylation is 2. The van der Waals surface area contributed by atoms with Gasteiger partial charge in [0, 0.05) is 12.1 Å². The first-order chi connectivity index (χ1) is 9.27. The van der Waals surface area contributed by atoms with Gasteiger partial charge in [0.25, 0.3) is 0 Å². The van der Waals surface area contributed by atoms with E-state index >= 15 is 0 Å². The predicted octanol–water partition coefficient (Wildman–Crippen LogP) is 4.21. The van der Waals surface area contributed by atoms with Crippen LogP contribution in [0.4, 0.5) is 0 Å². The molecule has 2 nitrogen and oxygen atoms in total. The van der Waals surface area contributed by atoms with Crippen molar-refractivity contribution in [2.45, 2.75) is 60.0 Å². The van der Waals surface area contributed by atoms with E-state index in [0.717, 1.165) is 19.5 Å². The third kappa shape index (κ3) is 13.3. The minimum atomic E-state index is 0. The average molecular weight is 278 g/mol. The van der Waals surface area contributed by atoms with Gasteiger partial charge in [-0.15, -0.1) is 13.2 Å². The van der Waals surface area contributed by atoms with Gasteiger partial charge in [-0.3, -0.25) is 0 Å². The average Bonchev–Trinajstić information content (AvgIpc) is 2.38. The van der Waals surface area contributed by atoms with Crippen LogP contribution < -0.4 is 11.1 Å². The van der Waals surface area contributed by atoms with Gasteiger partial charge in [-0.05, 0) is 57.4 Å². The van der Waals surface area contributed by atoms with Gasteiger partial charge in [0.05, 0.1) is 0 Å². The molecule has 0 spiro atoms. The van der Waals surface area contributed by atoms with Crippen molar-refractivity contribution in [3.8, 4) is 0 Å². The van der Waals surface area contributed by atoms with Gasteiger partial charge < -0.3 is 11.1 Å². The Hall–Kier alpha value is -1.12. The lowest BCUT2D eigenvalue weighted by atomic mass is 10.0. The zero-order valence-corrected chi connectivity index (χ0v) is 14.3. The maximum atomic E-state index is 5.35. The Bertz CT molecular complexity index is 345. The van der Waals surface area contributed by atoms with Gasteiger partial charge in [-0.1, -0.05) is 32.0 Å². The summed E-state index contributed by atoms with van der Waals surface area (Å²) in [6.07, 6.45) is 1.12. The molecule has 0 aromatic heterocycles. The van der Waals surface area contributed by atoms with Gasteiger partial charge in [0.1, 0.15) is 0 Å². The van der Waals surface area contributed by atoms with Crippen LogP contribution in [-0.4, -0.2) is 12.1 Å². The molecule has 1 rings (SSSR count). The van der Waals surface area contributed by atoms with Crippen molar-refractivity contribution >= 4 is 0 Å². The van der Waals surface area contributed by atoms with E-state index in [1.165, 1.54) is 16.7 Å². The van der Waals surface area contributed by atoms with Gasteiger partial charge in [0.2, 0.25) is 0 Å². The minimum absolute atomic E-state index is 0. The molecule has 0 aliphatic heterocycles. The molecule has 1 aromatic carbocycles. The second-order valence-electron chi connectivity index (χ2n) is 5.76. The van der Waals surface area contributed by atoms with E-state index in [2.05, 4.69) is 57.4 Å². The summed E-state index contributed by atoms with van der Waals surface area (Å²) in [5, 5.41) is 3.36. The smallest absolute Gasteiger partial charge is 0.0208 e. The first-order valence-electron chi connectivity index (χ1n) is 7.36. The molecule has 0 atom stereocenters. The van der Waals surface area contributed by atoms with Gasteiger partial charge >= 0.3 is 0 Å². The fraction of sp³-hybridized carbons (Fsp3) is 0.556. The van der Waals surface area contributed by atoms with Crippen LogP contribution in [-0.2, 0) is 13.0 Å². The highest BCUT2D eigenvalue weighted by molar-refractivity contribution is 5.31. The van der Waals surface area contributed by atoms with Crippen LogP contribution in [0.2, 0.25) is 0 Å². The van der Waals surface area contributed by atoms with Crippen LogP contribution in [0.15, 0.2) is 31.4 Å². The molecule has 20 heavy (non-hydrogen) atoms. The molecule has 0 aliphatic rings. The SMILES string of the molecule is C=C.CC(C)(C)N.CCNCc1cc(CC)ccc1C. The zero-order chi connectivity index (χ0) is 16.2. The molecule has 0 radical (unpaired) electrons. The van der Waals surface area contributed by atoms with Crippen LogP contribution >= 0.6 is 0 Å². The van der Waals surface area contributed by atoms with E-state index in [1.807, 2.05) is 20.8 Å². The van der Waals surface area contributed by atoms with Crippen molar-refractivity contribution in [3.05, 3.63) is 48.0 Å². The number of benzene rings is 1. The van der Waals surface area contributed by atoms with E-state index in [0.29, 0.717) is 0 Å². The molecule has 0 aliphatic carbocycles. The number of hydrogen-bond donors (Lipinski definition) is 2. The van der Waals surface area contributed by atoms with E-state index in [9.17, 15) is 0 Å². The zero-order valence-electron chi connectivity index (χ0n) is 14.3. The molecular formula is C18H34N2. The lowest BCUT2D eigenvalue weighted by molar-refractivity contribution is 0.580. The summed E-state index contributed by atoms with van der Waals surface area (Å²) in [6.45, 7) is 20.4. The van der Waals surface area contributed by atoms with Gasteiger partial charge in [-0.2, -0.15) is 0 Å². The van der Waals surface area contributed by atoms with E-state index in [-0.39, 0.29) is 5.54 Å². The molecule has 0 amide bonds. The third-order valence-electron chi connectivity index (χ3n) is 2.39. The van der Waals surface area contributed by atoms with Gasteiger partial charge in [-0.25, -0.2) is 0 Å². The van der Waals surface area contributed by atoms with Crippen LogP contribution in [0.3, 0.4) is 0 Å². The Morgan fingerprint density at radius 2 is 1.65 bits per heavy atom. The van der Waals surface area contributed by atoms with E-state index < -0.39 is 0 Å². The van der Waals surface area contributed by atoms with Gasteiger partial charge in [0.15, 0.2) is 0 Å². The molecule has 0 unspecified atom stereocenters. The maximum absolute atomic E-state index is 5.35. The van der Waals surface area contributed by atoms with E-state index in [1.54, 1.807) is 0 Å². The van der Waals surface area contributed by atoms with Crippen molar-refractivity contribution in [1.82, 2.24) is 5.32 Å². The van der Waals surface area contributed by atoms with Crippen molar-refractivity contribution < 1.29 is 0 Å². The molecule has 0 fully saturated rings. The molecule has 0 saturated carbocycles. The molecule has 3 N–H and O–H groups in total. The lowest BCUT2D eigenvalue weighted by Crippen LogP contribution is -2.26. The summed E-state index contributed by atoms with van der Waals surface area (Å²) in [5.74, 6) is 0. The first-order valence-corrected chi connectivity index (χ1v) is 7.36. The minimum Gasteiger partial charge on any atom is -0.326 e. The van der Waals surface area contributed by atoms with Crippen molar-refractivity contribution in [3.63, 3.8) is 0 Å². The molecular weight excluding hydrogens is 244 g/mol. The van der Waals surface area contributed by atoms with Crippen molar-refractivity contribution in [2.24, 2.45) is 5.73 Å². The van der Waals surface area contributed by atoms with E-state index in [4.69, 9.17) is 5.73 Å². The first kappa shape index (κ1) is 21.2. The number of rotatable bonds is 4. The molecule has 2 heteroatoms. The Balaban J connectivity index is 0. The van der Waals surface area contributed by atoms with Crippen molar-refractivity contribution in [2.75, 3.05) is 6.54 Å². The summed E-state index contributed by atoms with van der Waals surface area (Å²) in [4.78, 5) is 0. The van der Waals surface area contributed by atoms with Crippen LogP contribution in [0.5, 0.6) is 0 Å². The Morgan fingerprint density at radius 3 is 2.05 bits per heavy atom. The van der Waals surface area contributed by atoms with Crippen LogP contribution in [0.25, 0.3) is 0 Å². The molecule has 0 saturated heterocycles. The molecule has 0 bridgehead atoms. The predicted molar refractivity (Wildman–Crippen MR) is 93.1 cm³/mol. The standard InChI is InChI=1S/C12H19N.C4H11N.C2H4/c1-4-11-7-6-10(3)12(8-11)9-13-5-2;1-4(2,3)5;1-2/h6-8,13H,4-5,9H2,1-3H3;5H2,1-3H3;1-2H2. The summed E-state index contributed by atoms with van der Waals surface area (Å²) < 4.78 is 0. The molecule has 1 aromatic rings. The third-order valence-corrected chi connectivity index (χ3v) is 2.39. The fourth-order valence-corrected chi connectivity index (χ4v) is 1.39. The molecule has 0 heterocycles. The topological polar surface area (TPSA) is 38.0 Å². The Kier molecular flexibility index (Phi) is 12.4. The number of hydrogen-bond acceptors (Lipinski definition) is 2. The quantitative estimate of drug-likeness (QED) is 0.810. The largest absolute Gasteiger partial charge is 0.326 e. The van der Waals surface area contributed by atoms with Crippen LogP contribution in [0.1, 0.15) is 51.3 Å². The normalized spacial score (nSPS) is 9.95. The lowest BCUT2D eigenvalue weighted by Gasteiger charge is -2.08. The highest BCUT2D eigenvalue weighted by Gasteiger charge is 1.98. The van der Waals surface area contributed by atoms with Crippen LogP contribution in [0, 0.1) is 6.92 Å². The van der Waals surface area contributed by atoms with Crippen molar-refractivity contribution in [1.29, 1.82) is 0 Å². The highest BCUT2D eigenvalue weighted by atomic mass is 14.8. The monoisotopic (exact) mass is 278 g/mol. The maximum Gasteiger partial charge on any atom is 0.0208 e. The fourth-order valence-electron chi connectivity index (χ4n) is 1.39. The Labute approximate surface area is 126 Å². The summed E-state index contributed by atoms with van der Waals surface area (Å²) in [6, 6.07) is 6.73. The second kappa shape index (κ2) is 11.7. The number of nitrogens with two attached hydrogens (primary N) is 1. The second-order valence-corrected chi connectivity index (χ2v) is 5.76. The summed E-state index contributed by atoms with van der Waals surface area (Å²) >= 11 is 0. The Morgan fingerprint density at radius 1 is 1.15 bits per heavy atom. The molecule has 116 valence electrons.